The number of aryl methyl sites for hydroxylation is 1. The summed E-state index contributed by atoms with van der Waals surface area (Å²) in [7, 11) is -3.76. The van der Waals surface area contributed by atoms with Crippen LogP contribution in [0.4, 0.5) is 11.4 Å². The van der Waals surface area contributed by atoms with Crippen LogP contribution < -0.4 is 10.0 Å². The minimum atomic E-state index is -3.76. The molecule has 35 heavy (non-hydrogen) atoms. The molecule has 0 aromatic heterocycles. The van der Waals surface area contributed by atoms with Gasteiger partial charge < -0.3 is 5.32 Å². The van der Waals surface area contributed by atoms with Crippen LogP contribution in [0.3, 0.4) is 0 Å². The lowest BCUT2D eigenvalue weighted by molar-refractivity contribution is -0.111. The van der Waals surface area contributed by atoms with Gasteiger partial charge in [0.25, 0.3) is 15.9 Å². The smallest absolute Gasteiger partial charge is 0.261 e. The third-order valence-corrected chi connectivity index (χ3v) is 7.00. The Hall–Kier alpha value is -3.87. The van der Waals surface area contributed by atoms with Crippen LogP contribution in [0.25, 0.3) is 11.6 Å². The van der Waals surface area contributed by atoms with Crippen LogP contribution in [-0.4, -0.2) is 14.3 Å². The quantitative estimate of drug-likeness (QED) is 0.220. The molecule has 5 nitrogen and oxygen atoms in total. The van der Waals surface area contributed by atoms with Gasteiger partial charge in [0.05, 0.1) is 4.90 Å². The topological polar surface area (TPSA) is 75.3 Å². The van der Waals surface area contributed by atoms with Crippen LogP contribution in [0.1, 0.15) is 16.7 Å². The van der Waals surface area contributed by atoms with Crippen LogP contribution in [0, 0.1) is 6.92 Å². The maximum Gasteiger partial charge on any atom is 0.261 e. The van der Waals surface area contributed by atoms with Crippen molar-refractivity contribution < 1.29 is 13.2 Å². The maximum atomic E-state index is 13.2. The molecule has 0 fully saturated rings. The Bertz CT molecular complexity index is 1470. The fourth-order valence-electron chi connectivity index (χ4n) is 3.40. The van der Waals surface area contributed by atoms with Crippen molar-refractivity contribution in [3.8, 4) is 0 Å². The predicted molar refractivity (Wildman–Crippen MR) is 143 cm³/mol. The highest BCUT2D eigenvalue weighted by atomic mass is 35.5. The van der Waals surface area contributed by atoms with E-state index < -0.39 is 10.0 Å². The number of nitrogens with one attached hydrogen (secondary N) is 2. The third-order valence-electron chi connectivity index (χ3n) is 5.26. The van der Waals surface area contributed by atoms with Gasteiger partial charge in [0.2, 0.25) is 0 Å². The van der Waals surface area contributed by atoms with Gasteiger partial charge in [-0.05, 0) is 66.6 Å². The second-order valence-corrected chi connectivity index (χ2v) is 9.99. The Morgan fingerprint density at radius 1 is 0.771 bits per heavy atom. The van der Waals surface area contributed by atoms with Gasteiger partial charge in [-0.3, -0.25) is 9.52 Å². The molecule has 4 aromatic carbocycles. The normalized spacial score (nSPS) is 11.7. The van der Waals surface area contributed by atoms with Gasteiger partial charge in [0.15, 0.2) is 0 Å². The molecule has 0 aliphatic heterocycles. The molecule has 0 saturated heterocycles. The van der Waals surface area contributed by atoms with Crippen molar-refractivity contribution in [3.05, 3.63) is 125 Å². The summed E-state index contributed by atoms with van der Waals surface area (Å²) in [6, 6.07) is 29.6. The standard InChI is InChI=1S/C28H23ClN2O3S/c1-20-11-13-24(14-12-20)31-35(33,34)25-17-15-23(16-18-25)30-28(32)26(21-7-3-2-4-8-21)19-22-9-5-6-10-27(22)29/h2-19,31H,1H3,(H,30,32)/b26-19+. The van der Waals surface area contributed by atoms with E-state index in [1.165, 1.54) is 12.1 Å². The highest BCUT2D eigenvalue weighted by molar-refractivity contribution is 7.92. The third kappa shape index (κ3) is 6.18. The number of hydrogen-bond donors (Lipinski definition) is 2. The van der Waals surface area contributed by atoms with E-state index in [4.69, 9.17) is 11.6 Å². The highest BCUT2D eigenvalue weighted by Gasteiger charge is 2.16. The zero-order valence-electron chi connectivity index (χ0n) is 18.9. The highest BCUT2D eigenvalue weighted by Crippen LogP contribution is 2.25. The molecule has 0 aliphatic carbocycles. The summed E-state index contributed by atoms with van der Waals surface area (Å²) >= 11 is 6.31. The first kappa shape index (κ1) is 24.3. The summed E-state index contributed by atoms with van der Waals surface area (Å²) in [5.74, 6) is -0.343. The summed E-state index contributed by atoms with van der Waals surface area (Å²) in [5, 5.41) is 3.38. The summed E-state index contributed by atoms with van der Waals surface area (Å²) in [5.41, 5.74) is 3.84. The molecule has 176 valence electrons. The van der Waals surface area contributed by atoms with E-state index in [-0.39, 0.29) is 10.8 Å². The zero-order chi connectivity index (χ0) is 24.8. The van der Waals surface area contributed by atoms with E-state index in [9.17, 15) is 13.2 Å². The predicted octanol–water partition coefficient (Wildman–Crippen LogP) is 6.63. The van der Waals surface area contributed by atoms with E-state index >= 15 is 0 Å². The maximum absolute atomic E-state index is 13.2. The van der Waals surface area contributed by atoms with Gasteiger partial charge in [0.1, 0.15) is 0 Å². The Labute approximate surface area is 210 Å². The summed E-state index contributed by atoms with van der Waals surface area (Å²) in [6.07, 6.45) is 1.73. The van der Waals surface area contributed by atoms with Crippen LogP contribution in [0.5, 0.6) is 0 Å². The van der Waals surface area contributed by atoms with Crippen LogP contribution in [0.2, 0.25) is 5.02 Å². The number of carbonyl (C=O) groups is 1. The second kappa shape index (κ2) is 10.6. The number of amides is 1. The minimum absolute atomic E-state index is 0.0889. The number of halogens is 1. The van der Waals surface area contributed by atoms with Gasteiger partial charge in [-0.1, -0.05) is 77.8 Å². The van der Waals surface area contributed by atoms with E-state index in [0.717, 1.165) is 11.1 Å². The lowest BCUT2D eigenvalue weighted by Gasteiger charge is -2.12. The Morgan fingerprint density at radius 3 is 2.03 bits per heavy atom. The lowest BCUT2D eigenvalue weighted by Crippen LogP contribution is -2.15. The molecule has 0 bridgehead atoms. The fourth-order valence-corrected chi connectivity index (χ4v) is 4.65. The van der Waals surface area contributed by atoms with Crippen molar-refractivity contribution in [2.45, 2.75) is 11.8 Å². The second-order valence-electron chi connectivity index (χ2n) is 7.90. The van der Waals surface area contributed by atoms with Crippen molar-refractivity contribution in [3.63, 3.8) is 0 Å². The van der Waals surface area contributed by atoms with Crippen LogP contribution in [-0.2, 0) is 14.8 Å². The molecule has 0 aliphatic rings. The first-order valence-corrected chi connectivity index (χ1v) is 12.7. The lowest BCUT2D eigenvalue weighted by atomic mass is 10.0. The number of anilines is 2. The van der Waals surface area contributed by atoms with Crippen molar-refractivity contribution >= 4 is 50.6 Å². The Balaban J connectivity index is 1.56. The number of rotatable bonds is 7. The largest absolute Gasteiger partial charge is 0.322 e. The summed E-state index contributed by atoms with van der Waals surface area (Å²) in [4.78, 5) is 13.3. The molecule has 0 spiro atoms. The Morgan fingerprint density at radius 2 is 1.37 bits per heavy atom. The van der Waals surface area contributed by atoms with E-state index in [1.54, 1.807) is 36.4 Å². The van der Waals surface area contributed by atoms with Gasteiger partial charge in [-0.15, -0.1) is 0 Å². The molecular weight excluding hydrogens is 480 g/mol. The Kier molecular flexibility index (Phi) is 7.34. The van der Waals surface area contributed by atoms with Gasteiger partial charge in [-0.2, -0.15) is 0 Å². The molecule has 0 radical (unpaired) electrons. The average molecular weight is 503 g/mol. The molecule has 0 heterocycles. The first-order valence-electron chi connectivity index (χ1n) is 10.8. The molecule has 4 aromatic rings. The molecule has 2 N–H and O–H groups in total. The summed E-state index contributed by atoms with van der Waals surface area (Å²) < 4.78 is 28.0. The van der Waals surface area contributed by atoms with Crippen molar-refractivity contribution in [2.24, 2.45) is 0 Å². The number of sulfonamides is 1. The molecule has 4 rings (SSSR count). The van der Waals surface area contributed by atoms with Gasteiger partial charge >= 0.3 is 0 Å². The SMILES string of the molecule is Cc1ccc(NS(=O)(=O)c2ccc(NC(=O)/C(=C/c3ccccc3Cl)c3ccccc3)cc2)cc1. The number of hydrogen-bond acceptors (Lipinski definition) is 3. The van der Waals surface area contributed by atoms with E-state index in [2.05, 4.69) is 10.0 Å². The van der Waals surface area contributed by atoms with Gasteiger partial charge in [-0.25, -0.2) is 8.42 Å². The summed E-state index contributed by atoms with van der Waals surface area (Å²) in [6.45, 7) is 1.93. The number of carbonyl (C=O) groups excluding carboxylic acids is 1. The molecule has 0 atom stereocenters. The number of benzene rings is 4. The average Bonchev–Trinajstić information content (AvgIpc) is 2.85. The first-order chi connectivity index (χ1) is 16.8. The molecule has 0 unspecified atom stereocenters. The van der Waals surface area contributed by atoms with Crippen molar-refractivity contribution in [2.75, 3.05) is 10.0 Å². The minimum Gasteiger partial charge on any atom is -0.322 e. The van der Waals surface area contributed by atoms with Crippen molar-refractivity contribution in [1.82, 2.24) is 0 Å². The monoisotopic (exact) mass is 502 g/mol. The molecular formula is C28H23ClN2O3S. The van der Waals surface area contributed by atoms with Crippen LogP contribution >= 0.6 is 11.6 Å². The van der Waals surface area contributed by atoms with Gasteiger partial charge in [0, 0.05) is 22.0 Å². The van der Waals surface area contributed by atoms with E-state index in [1.807, 2.05) is 67.6 Å². The fraction of sp³-hybridized carbons (Fsp3) is 0.0357. The van der Waals surface area contributed by atoms with Crippen molar-refractivity contribution in [1.29, 1.82) is 0 Å². The molecule has 1 amide bonds. The zero-order valence-corrected chi connectivity index (χ0v) is 20.5. The van der Waals surface area contributed by atoms with Crippen LogP contribution in [0.15, 0.2) is 108 Å². The molecule has 0 saturated carbocycles. The molecule has 7 heteroatoms. The van der Waals surface area contributed by atoms with E-state index in [0.29, 0.717) is 27.5 Å².